The molecule has 42 heavy (non-hydrogen) atoms. The van der Waals surface area contributed by atoms with E-state index in [9.17, 15) is 27.9 Å². The van der Waals surface area contributed by atoms with Gasteiger partial charge in [-0.15, -0.1) is 24.8 Å². The van der Waals surface area contributed by atoms with Crippen LogP contribution in [-0.4, -0.2) is 53.0 Å². The van der Waals surface area contributed by atoms with Crippen LogP contribution >= 0.6 is 24.8 Å². The number of piperidine rings is 1. The highest BCUT2D eigenvalue weighted by Crippen LogP contribution is 2.32. The van der Waals surface area contributed by atoms with Crippen molar-refractivity contribution in [3.63, 3.8) is 0 Å². The number of carbonyl (C=O) groups is 2. The summed E-state index contributed by atoms with van der Waals surface area (Å²) in [4.78, 5) is 32.9. The predicted octanol–water partition coefficient (Wildman–Crippen LogP) is 7.01. The summed E-state index contributed by atoms with van der Waals surface area (Å²) in [6, 6.07) is 13.9. The van der Waals surface area contributed by atoms with Crippen molar-refractivity contribution in [3.8, 4) is 11.1 Å². The van der Waals surface area contributed by atoms with Gasteiger partial charge in [0.1, 0.15) is 5.82 Å². The zero-order valence-electron chi connectivity index (χ0n) is 23.4. The summed E-state index contributed by atoms with van der Waals surface area (Å²) in [5, 5.41) is 12.0. The van der Waals surface area contributed by atoms with Crippen molar-refractivity contribution >= 4 is 48.2 Å². The maximum absolute atomic E-state index is 13.1. The van der Waals surface area contributed by atoms with E-state index in [2.05, 4.69) is 20.1 Å². The minimum Gasteiger partial charge on any atom is -0.481 e. The number of aliphatic carboxylic acids is 1. The number of carboxylic acids is 1. The average Bonchev–Trinajstić information content (AvgIpc) is 2.95. The number of pyridine rings is 1. The smallest absolute Gasteiger partial charge is 0.416 e. The van der Waals surface area contributed by atoms with Crippen molar-refractivity contribution in [2.24, 2.45) is 5.92 Å². The van der Waals surface area contributed by atoms with Gasteiger partial charge in [0, 0.05) is 42.6 Å². The molecule has 0 aliphatic carbocycles. The monoisotopic (exact) mass is 626 g/mol. The number of benzene rings is 2. The first kappa shape index (κ1) is 34.9. The Hall–Kier alpha value is -3.34. The lowest BCUT2D eigenvalue weighted by Crippen LogP contribution is -2.36. The number of alkyl halides is 3. The van der Waals surface area contributed by atoms with Gasteiger partial charge in [-0.1, -0.05) is 26.0 Å². The van der Waals surface area contributed by atoms with Gasteiger partial charge in [-0.25, -0.2) is 4.98 Å². The van der Waals surface area contributed by atoms with Gasteiger partial charge < -0.3 is 15.3 Å². The van der Waals surface area contributed by atoms with Crippen LogP contribution in [0.5, 0.6) is 0 Å². The number of nitrogens with one attached hydrogen (secondary N) is 1. The number of amides is 1. The van der Waals surface area contributed by atoms with Crippen molar-refractivity contribution in [2.45, 2.75) is 39.4 Å². The maximum Gasteiger partial charge on any atom is 0.416 e. The Balaban J connectivity index is 0.00000308. The Bertz CT molecular complexity index is 1330. The van der Waals surface area contributed by atoms with Crippen LogP contribution in [0.2, 0.25) is 0 Å². The number of nitrogens with zero attached hydrogens (tertiary/aromatic N) is 3. The van der Waals surface area contributed by atoms with Crippen LogP contribution in [0.3, 0.4) is 0 Å². The Kier molecular flexibility index (Phi) is 12.6. The van der Waals surface area contributed by atoms with Gasteiger partial charge in [-0.3, -0.25) is 14.5 Å². The SMILES string of the molecule is CCN(CC)Cc1cc(NC(=O)c2ccc(N3CCC(C(=O)O)CC3)cc2)ncc1-c1ccc(C(F)(F)F)cc1.Cl.Cl. The van der Waals surface area contributed by atoms with Crippen molar-refractivity contribution in [1.82, 2.24) is 9.88 Å². The van der Waals surface area contributed by atoms with Gasteiger partial charge in [-0.05, 0) is 79.5 Å². The molecule has 2 heterocycles. The van der Waals surface area contributed by atoms with Crippen LogP contribution in [0, 0.1) is 5.92 Å². The molecule has 0 saturated carbocycles. The first-order chi connectivity index (χ1) is 19.1. The van der Waals surface area contributed by atoms with Crippen LogP contribution < -0.4 is 10.2 Å². The highest BCUT2D eigenvalue weighted by molar-refractivity contribution is 6.04. The van der Waals surface area contributed by atoms with Crippen LogP contribution in [-0.2, 0) is 17.5 Å². The number of hydrogen-bond donors (Lipinski definition) is 2. The third kappa shape index (κ3) is 8.59. The summed E-state index contributed by atoms with van der Waals surface area (Å²) in [5.41, 5.74) is 2.82. The highest BCUT2D eigenvalue weighted by Gasteiger charge is 2.30. The fraction of sp³-hybridized carbons (Fsp3) is 0.367. The molecule has 0 unspecified atom stereocenters. The largest absolute Gasteiger partial charge is 0.481 e. The van der Waals surface area contributed by atoms with Crippen molar-refractivity contribution in [2.75, 3.05) is 36.4 Å². The summed E-state index contributed by atoms with van der Waals surface area (Å²) in [6.07, 6.45) is -1.66. The molecule has 1 aliphatic heterocycles. The Morgan fingerprint density at radius 1 is 1.00 bits per heavy atom. The van der Waals surface area contributed by atoms with Crippen LogP contribution in [0.4, 0.5) is 24.7 Å². The molecule has 1 aliphatic rings. The van der Waals surface area contributed by atoms with E-state index in [1.54, 1.807) is 24.4 Å². The van der Waals surface area contributed by atoms with Crippen molar-refractivity contribution < 1.29 is 27.9 Å². The molecule has 228 valence electrons. The fourth-order valence-electron chi connectivity index (χ4n) is 4.88. The number of aromatic nitrogens is 1. The van der Waals surface area contributed by atoms with E-state index < -0.39 is 17.7 Å². The van der Waals surface area contributed by atoms with Crippen LogP contribution in [0.25, 0.3) is 11.1 Å². The van der Waals surface area contributed by atoms with Crippen molar-refractivity contribution in [3.05, 3.63) is 77.5 Å². The molecular weight excluding hydrogens is 592 g/mol. The van der Waals surface area contributed by atoms with Crippen LogP contribution in [0.15, 0.2) is 60.8 Å². The number of anilines is 2. The number of halogens is 5. The van der Waals surface area contributed by atoms with Gasteiger partial charge in [0.2, 0.25) is 0 Å². The zero-order valence-corrected chi connectivity index (χ0v) is 25.0. The molecule has 4 rings (SSSR count). The molecule has 7 nitrogen and oxygen atoms in total. The van der Waals surface area contributed by atoms with Crippen molar-refractivity contribution in [1.29, 1.82) is 0 Å². The molecule has 1 fully saturated rings. The lowest BCUT2D eigenvalue weighted by molar-refractivity contribution is -0.142. The van der Waals surface area contributed by atoms with E-state index in [0.717, 1.165) is 36.5 Å². The van der Waals surface area contributed by atoms with E-state index in [0.29, 0.717) is 55.0 Å². The second-order valence-electron chi connectivity index (χ2n) is 9.86. The van der Waals surface area contributed by atoms with E-state index in [4.69, 9.17) is 0 Å². The Morgan fingerprint density at radius 2 is 1.60 bits per heavy atom. The van der Waals surface area contributed by atoms with E-state index in [1.807, 2.05) is 26.0 Å². The topological polar surface area (TPSA) is 85.8 Å². The molecule has 1 amide bonds. The first-order valence-corrected chi connectivity index (χ1v) is 13.4. The molecule has 2 aromatic carbocycles. The average molecular weight is 628 g/mol. The summed E-state index contributed by atoms with van der Waals surface area (Å²) in [5.74, 6) is -1.05. The molecule has 12 heteroatoms. The standard InChI is InChI=1S/C30H33F3N4O3.2ClH/c1-3-36(4-2)19-23-17-27(34-18-26(23)20-5-9-24(10-6-20)30(31,32)33)35-28(38)21-7-11-25(12-8-21)37-15-13-22(14-16-37)29(39)40;;/h5-12,17-18,22H,3-4,13-16,19H2,1-2H3,(H,39,40)(H,34,35,38);2*1H. The van der Waals surface area contributed by atoms with Gasteiger partial charge in [0.25, 0.3) is 5.91 Å². The molecule has 1 aromatic heterocycles. The number of carbonyl (C=O) groups excluding carboxylic acids is 1. The van der Waals surface area contributed by atoms with Gasteiger partial charge >= 0.3 is 12.1 Å². The normalized spacial score (nSPS) is 13.7. The number of hydrogen-bond acceptors (Lipinski definition) is 5. The van der Waals surface area contributed by atoms with E-state index in [1.165, 1.54) is 12.1 Å². The molecule has 0 radical (unpaired) electrons. The lowest BCUT2D eigenvalue weighted by Gasteiger charge is -2.32. The summed E-state index contributed by atoms with van der Waals surface area (Å²) in [6.45, 7) is 7.47. The molecule has 1 saturated heterocycles. The third-order valence-electron chi connectivity index (χ3n) is 7.38. The summed E-state index contributed by atoms with van der Waals surface area (Å²) in [7, 11) is 0. The lowest BCUT2D eigenvalue weighted by atomic mass is 9.96. The first-order valence-electron chi connectivity index (χ1n) is 13.4. The second-order valence-corrected chi connectivity index (χ2v) is 9.86. The molecule has 0 spiro atoms. The molecule has 0 atom stereocenters. The Morgan fingerprint density at radius 3 is 2.12 bits per heavy atom. The summed E-state index contributed by atoms with van der Waals surface area (Å²) >= 11 is 0. The minimum atomic E-state index is -4.41. The highest BCUT2D eigenvalue weighted by atomic mass is 35.5. The third-order valence-corrected chi connectivity index (χ3v) is 7.38. The zero-order chi connectivity index (χ0) is 28.9. The van der Waals surface area contributed by atoms with E-state index >= 15 is 0 Å². The summed E-state index contributed by atoms with van der Waals surface area (Å²) < 4.78 is 39.2. The van der Waals surface area contributed by atoms with Gasteiger partial charge in [0.05, 0.1) is 11.5 Å². The second kappa shape index (κ2) is 15.2. The number of rotatable bonds is 9. The number of carboxylic acid groups (broad SMARTS) is 1. The quantitative estimate of drug-likeness (QED) is 0.266. The molecule has 3 aromatic rings. The fourth-order valence-corrected chi connectivity index (χ4v) is 4.88. The van der Waals surface area contributed by atoms with Gasteiger partial charge in [0.15, 0.2) is 0 Å². The Labute approximate surface area is 255 Å². The molecule has 0 bridgehead atoms. The molecule has 2 N–H and O–H groups in total. The molecular formula is C30H35Cl2F3N4O3. The predicted molar refractivity (Wildman–Crippen MR) is 163 cm³/mol. The van der Waals surface area contributed by atoms with Gasteiger partial charge in [-0.2, -0.15) is 13.2 Å². The van der Waals surface area contributed by atoms with Crippen LogP contribution in [0.1, 0.15) is 48.2 Å². The van der Waals surface area contributed by atoms with E-state index in [-0.39, 0.29) is 36.6 Å². The minimum absolute atomic E-state index is 0. The maximum atomic E-state index is 13.1.